The van der Waals surface area contributed by atoms with Crippen molar-refractivity contribution < 1.29 is 4.74 Å². The minimum atomic E-state index is -0.117. The van der Waals surface area contributed by atoms with Gasteiger partial charge in [0, 0.05) is 30.2 Å². The molecule has 0 unspecified atom stereocenters. The Balaban J connectivity index is 1.73. The van der Waals surface area contributed by atoms with Crippen LogP contribution in [0, 0.1) is 0 Å². The third-order valence-electron chi connectivity index (χ3n) is 5.20. The van der Waals surface area contributed by atoms with Gasteiger partial charge in [-0.15, -0.1) is 0 Å². The van der Waals surface area contributed by atoms with E-state index in [1.54, 1.807) is 16.8 Å². The van der Waals surface area contributed by atoms with Crippen LogP contribution in [0.4, 0.5) is 17.5 Å². The zero-order valence-corrected chi connectivity index (χ0v) is 18.2. The first-order chi connectivity index (χ1) is 14.5. The molecular formula is C22H26ClN5O2. The van der Waals surface area contributed by atoms with E-state index >= 15 is 0 Å². The van der Waals surface area contributed by atoms with Crippen LogP contribution >= 0.6 is 11.6 Å². The molecule has 0 aliphatic carbocycles. The van der Waals surface area contributed by atoms with Crippen molar-refractivity contribution in [2.45, 2.75) is 39.7 Å². The number of anilines is 3. The van der Waals surface area contributed by atoms with Crippen LogP contribution in [-0.4, -0.2) is 34.2 Å². The van der Waals surface area contributed by atoms with Crippen molar-refractivity contribution >= 4 is 40.0 Å². The standard InChI is InChI=1S/C22H26ClN5O2/c1-4-30-19-12-15-11-16(7-8-18(15)28(14(2)3)21(19)29)25-20-17(23)13-24-22(26-20)27-9-5-6-10-27/h7-8,11-14H,4-6,9-10H2,1-3H3,(H,24,25,26). The van der Waals surface area contributed by atoms with Gasteiger partial charge in [0.25, 0.3) is 5.56 Å². The summed E-state index contributed by atoms with van der Waals surface area (Å²) in [5.74, 6) is 1.61. The summed E-state index contributed by atoms with van der Waals surface area (Å²) < 4.78 is 7.34. The SMILES string of the molecule is CCOc1cc2cc(Nc3nc(N4CCCC4)ncc3Cl)ccc2n(C(C)C)c1=O. The highest BCUT2D eigenvalue weighted by atomic mass is 35.5. The minimum Gasteiger partial charge on any atom is -0.488 e. The Morgan fingerprint density at radius 2 is 2.00 bits per heavy atom. The number of fused-ring (bicyclic) bond motifs is 1. The van der Waals surface area contributed by atoms with Gasteiger partial charge in [-0.3, -0.25) is 4.79 Å². The molecule has 3 aromatic rings. The van der Waals surface area contributed by atoms with Gasteiger partial charge in [-0.1, -0.05) is 11.6 Å². The molecule has 1 saturated heterocycles. The van der Waals surface area contributed by atoms with E-state index in [1.807, 2.05) is 39.0 Å². The maximum absolute atomic E-state index is 12.8. The fraction of sp³-hybridized carbons (Fsp3) is 0.409. The summed E-state index contributed by atoms with van der Waals surface area (Å²) in [6.07, 6.45) is 3.94. The maximum atomic E-state index is 12.8. The molecule has 0 radical (unpaired) electrons. The van der Waals surface area contributed by atoms with Crippen LogP contribution in [0.2, 0.25) is 5.02 Å². The van der Waals surface area contributed by atoms with Gasteiger partial charge >= 0.3 is 0 Å². The molecule has 1 aliphatic heterocycles. The molecule has 1 aliphatic rings. The number of aromatic nitrogens is 3. The summed E-state index contributed by atoms with van der Waals surface area (Å²) in [6, 6.07) is 7.64. The third kappa shape index (κ3) is 3.94. The minimum absolute atomic E-state index is 0.0125. The fourth-order valence-electron chi connectivity index (χ4n) is 3.82. The average molecular weight is 428 g/mol. The van der Waals surface area contributed by atoms with Crippen LogP contribution in [0.15, 0.2) is 35.3 Å². The zero-order chi connectivity index (χ0) is 21.3. The van der Waals surface area contributed by atoms with Crippen LogP contribution in [0.3, 0.4) is 0 Å². The van der Waals surface area contributed by atoms with Gasteiger partial charge in [0.15, 0.2) is 11.6 Å². The molecule has 0 saturated carbocycles. The lowest BCUT2D eigenvalue weighted by atomic mass is 10.1. The van der Waals surface area contributed by atoms with E-state index in [2.05, 4.69) is 20.2 Å². The summed E-state index contributed by atoms with van der Waals surface area (Å²) >= 11 is 6.35. The normalized spacial score (nSPS) is 14.0. The van der Waals surface area contributed by atoms with Crippen molar-refractivity contribution in [3.63, 3.8) is 0 Å². The van der Waals surface area contributed by atoms with Crippen LogP contribution in [0.5, 0.6) is 5.75 Å². The molecule has 1 fully saturated rings. The van der Waals surface area contributed by atoms with Crippen molar-refractivity contribution in [3.8, 4) is 5.75 Å². The lowest BCUT2D eigenvalue weighted by Gasteiger charge is -2.18. The summed E-state index contributed by atoms with van der Waals surface area (Å²) in [4.78, 5) is 23.9. The summed E-state index contributed by atoms with van der Waals surface area (Å²) in [5, 5.41) is 4.67. The second-order valence-electron chi connectivity index (χ2n) is 7.67. The summed E-state index contributed by atoms with van der Waals surface area (Å²) in [7, 11) is 0. The Morgan fingerprint density at radius 3 is 2.70 bits per heavy atom. The molecule has 158 valence electrons. The Hall–Kier alpha value is -2.80. The molecule has 3 heterocycles. The first-order valence-corrected chi connectivity index (χ1v) is 10.7. The number of ether oxygens (including phenoxy) is 1. The average Bonchev–Trinajstić information content (AvgIpc) is 3.25. The molecule has 8 heteroatoms. The first kappa shape index (κ1) is 20.5. The Labute approximate surface area is 180 Å². The smallest absolute Gasteiger partial charge is 0.293 e. The van der Waals surface area contributed by atoms with Crippen LogP contribution in [0.1, 0.15) is 39.7 Å². The predicted molar refractivity (Wildman–Crippen MR) is 122 cm³/mol. The number of benzene rings is 1. The summed E-state index contributed by atoms with van der Waals surface area (Å²) in [5.41, 5.74) is 1.57. The highest BCUT2D eigenvalue weighted by molar-refractivity contribution is 6.32. The predicted octanol–water partition coefficient (Wildman–Crippen LogP) is 4.77. The highest BCUT2D eigenvalue weighted by Crippen LogP contribution is 2.29. The van der Waals surface area contributed by atoms with Crippen LogP contribution in [0.25, 0.3) is 10.9 Å². The van der Waals surface area contributed by atoms with Gasteiger partial charge in [-0.2, -0.15) is 4.98 Å². The molecular weight excluding hydrogens is 402 g/mol. The summed E-state index contributed by atoms with van der Waals surface area (Å²) in [6.45, 7) is 8.21. The number of pyridine rings is 1. The highest BCUT2D eigenvalue weighted by Gasteiger charge is 2.17. The zero-order valence-electron chi connectivity index (χ0n) is 17.5. The van der Waals surface area contributed by atoms with Gasteiger partial charge in [0.1, 0.15) is 5.02 Å². The largest absolute Gasteiger partial charge is 0.488 e. The maximum Gasteiger partial charge on any atom is 0.293 e. The monoisotopic (exact) mass is 427 g/mol. The van der Waals surface area contributed by atoms with Gasteiger partial charge in [0.2, 0.25) is 5.95 Å². The lowest BCUT2D eigenvalue weighted by molar-refractivity contribution is 0.332. The van der Waals surface area contributed by atoms with E-state index in [4.69, 9.17) is 16.3 Å². The van der Waals surface area contributed by atoms with E-state index in [0.717, 1.165) is 42.5 Å². The number of hydrogen-bond acceptors (Lipinski definition) is 6. The van der Waals surface area contributed by atoms with E-state index in [-0.39, 0.29) is 11.6 Å². The molecule has 2 aromatic heterocycles. The van der Waals surface area contributed by atoms with Gasteiger partial charge in [0.05, 0.1) is 18.3 Å². The second-order valence-corrected chi connectivity index (χ2v) is 8.08. The van der Waals surface area contributed by atoms with Gasteiger partial charge in [-0.05, 0) is 57.9 Å². The van der Waals surface area contributed by atoms with Gasteiger partial charge in [-0.25, -0.2) is 4.98 Å². The number of nitrogens with zero attached hydrogens (tertiary/aromatic N) is 4. The third-order valence-corrected chi connectivity index (χ3v) is 5.48. The van der Waals surface area contributed by atoms with Crippen LogP contribution in [-0.2, 0) is 0 Å². The molecule has 0 bridgehead atoms. The van der Waals surface area contributed by atoms with Crippen molar-refractivity contribution in [1.29, 1.82) is 0 Å². The van der Waals surface area contributed by atoms with E-state index in [1.165, 1.54) is 0 Å². The molecule has 7 nitrogen and oxygen atoms in total. The van der Waals surface area contributed by atoms with E-state index in [0.29, 0.717) is 29.1 Å². The number of halogens is 1. The quantitative estimate of drug-likeness (QED) is 0.611. The van der Waals surface area contributed by atoms with Crippen molar-refractivity contribution in [1.82, 2.24) is 14.5 Å². The Kier molecular flexibility index (Phi) is 5.81. The molecule has 0 amide bonds. The number of rotatable bonds is 6. The molecule has 0 atom stereocenters. The molecule has 30 heavy (non-hydrogen) atoms. The molecule has 1 aromatic carbocycles. The first-order valence-electron chi connectivity index (χ1n) is 10.3. The van der Waals surface area contributed by atoms with Crippen molar-refractivity contribution in [2.75, 3.05) is 29.9 Å². The number of nitrogens with one attached hydrogen (secondary N) is 1. The fourth-order valence-corrected chi connectivity index (χ4v) is 3.96. The van der Waals surface area contributed by atoms with Gasteiger partial charge < -0.3 is 19.5 Å². The number of hydrogen-bond donors (Lipinski definition) is 1. The van der Waals surface area contributed by atoms with E-state index < -0.39 is 0 Å². The van der Waals surface area contributed by atoms with Crippen LogP contribution < -0.4 is 20.5 Å². The molecule has 1 N–H and O–H groups in total. The second kappa shape index (κ2) is 8.52. The van der Waals surface area contributed by atoms with Crippen molar-refractivity contribution in [2.24, 2.45) is 0 Å². The van der Waals surface area contributed by atoms with Crippen molar-refractivity contribution in [3.05, 3.63) is 45.8 Å². The molecule has 0 spiro atoms. The Bertz CT molecular complexity index is 1120. The molecule has 4 rings (SSSR count). The lowest BCUT2D eigenvalue weighted by Crippen LogP contribution is -2.24. The Morgan fingerprint density at radius 1 is 1.23 bits per heavy atom. The van der Waals surface area contributed by atoms with E-state index in [9.17, 15) is 4.79 Å². The topological polar surface area (TPSA) is 72.3 Å².